The van der Waals surface area contributed by atoms with Crippen LogP contribution in [0.4, 0.5) is 0 Å². The smallest absolute Gasteiger partial charge is 0.000769 e. The fraction of sp³-hybridized carbons (Fsp3) is 1.00. The summed E-state index contributed by atoms with van der Waals surface area (Å²) in [6.07, 6.45) is 13.0. The quantitative estimate of drug-likeness (QED) is 0.611. The normalized spacial score (nSPS) is 20.6. The third-order valence-corrected chi connectivity index (χ3v) is 4.76. The van der Waals surface area contributed by atoms with Crippen molar-refractivity contribution in [2.24, 2.45) is 11.3 Å². The second kappa shape index (κ2) is 8.13. The summed E-state index contributed by atoms with van der Waals surface area (Å²) in [4.78, 5) is 0. The highest BCUT2D eigenvalue weighted by Crippen LogP contribution is 2.40. The van der Waals surface area contributed by atoms with Crippen LogP contribution in [0, 0.1) is 11.3 Å². The zero-order valence-electron chi connectivity index (χ0n) is 12.4. The molecule has 0 saturated heterocycles. The van der Waals surface area contributed by atoms with Crippen molar-refractivity contribution in [2.75, 3.05) is 13.1 Å². The van der Waals surface area contributed by atoms with Crippen molar-refractivity contribution in [1.29, 1.82) is 0 Å². The largest absolute Gasteiger partial charge is 0.316 e. The number of hydrogen-bond acceptors (Lipinski definition) is 1. The molecule has 1 aliphatic rings. The van der Waals surface area contributed by atoms with E-state index in [0.717, 1.165) is 12.5 Å². The van der Waals surface area contributed by atoms with E-state index >= 15 is 0 Å². The van der Waals surface area contributed by atoms with Crippen LogP contribution in [0.15, 0.2) is 0 Å². The molecule has 0 spiro atoms. The fourth-order valence-corrected chi connectivity index (χ4v) is 3.48. The minimum Gasteiger partial charge on any atom is -0.316 e. The summed E-state index contributed by atoms with van der Waals surface area (Å²) in [5, 5.41) is 3.62. The van der Waals surface area contributed by atoms with Crippen LogP contribution >= 0.6 is 0 Å². The van der Waals surface area contributed by atoms with E-state index < -0.39 is 0 Å². The van der Waals surface area contributed by atoms with Crippen LogP contribution in [0.25, 0.3) is 0 Å². The summed E-state index contributed by atoms with van der Waals surface area (Å²) in [5.74, 6) is 1.03. The predicted octanol–water partition coefficient (Wildman–Crippen LogP) is 4.76. The first-order chi connectivity index (χ1) is 8.26. The van der Waals surface area contributed by atoms with Crippen molar-refractivity contribution < 1.29 is 0 Å². The monoisotopic (exact) mass is 239 g/mol. The third kappa shape index (κ3) is 4.99. The Kier molecular flexibility index (Phi) is 7.18. The second-order valence-corrected chi connectivity index (χ2v) is 6.09. The van der Waals surface area contributed by atoms with Gasteiger partial charge in [0.05, 0.1) is 0 Å². The molecule has 1 unspecified atom stereocenters. The lowest BCUT2D eigenvalue weighted by atomic mass is 9.73. The first-order valence-corrected chi connectivity index (χ1v) is 7.97. The molecule has 0 aromatic carbocycles. The van der Waals surface area contributed by atoms with Gasteiger partial charge < -0.3 is 5.32 Å². The molecule has 0 aromatic rings. The van der Waals surface area contributed by atoms with E-state index in [9.17, 15) is 0 Å². The Balaban J connectivity index is 2.52. The van der Waals surface area contributed by atoms with Crippen molar-refractivity contribution in [3.63, 3.8) is 0 Å². The van der Waals surface area contributed by atoms with Crippen molar-refractivity contribution in [3.05, 3.63) is 0 Å². The average molecular weight is 239 g/mol. The van der Waals surface area contributed by atoms with Crippen LogP contribution in [0.3, 0.4) is 0 Å². The summed E-state index contributed by atoms with van der Waals surface area (Å²) in [6, 6.07) is 0. The summed E-state index contributed by atoms with van der Waals surface area (Å²) in [5.41, 5.74) is 0.598. The first kappa shape index (κ1) is 15.0. The van der Waals surface area contributed by atoms with Gasteiger partial charge in [0.1, 0.15) is 0 Å². The lowest BCUT2D eigenvalue weighted by molar-refractivity contribution is 0.176. The van der Waals surface area contributed by atoms with Gasteiger partial charge in [-0.1, -0.05) is 59.3 Å². The van der Waals surface area contributed by atoms with Gasteiger partial charge >= 0.3 is 0 Å². The second-order valence-electron chi connectivity index (χ2n) is 6.09. The highest BCUT2D eigenvalue weighted by Gasteiger charge is 2.31. The molecule has 1 saturated carbocycles. The number of unbranched alkanes of at least 4 members (excludes halogenated alkanes) is 1. The fourth-order valence-electron chi connectivity index (χ4n) is 3.48. The maximum absolute atomic E-state index is 3.62. The molecule has 1 fully saturated rings. The molecule has 0 radical (unpaired) electrons. The van der Waals surface area contributed by atoms with E-state index in [-0.39, 0.29) is 0 Å². The van der Waals surface area contributed by atoms with Gasteiger partial charge in [0.15, 0.2) is 0 Å². The van der Waals surface area contributed by atoms with Crippen LogP contribution in [0.1, 0.15) is 78.6 Å². The molecule has 1 aliphatic carbocycles. The molecule has 0 amide bonds. The number of rotatable bonds is 9. The maximum atomic E-state index is 3.62. The van der Waals surface area contributed by atoms with E-state index in [1.165, 1.54) is 64.3 Å². The van der Waals surface area contributed by atoms with Crippen molar-refractivity contribution >= 4 is 0 Å². The van der Waals surface area contributed by atoms with Crippen LogP contribution in [0.5, 0.6) is 0 Å². The van der Waals surface area contributed by atoms with Crippen LogP contribution in [-0.2, 0) is 0 Å². The SMILES string of the molecule is CCCCC(CC)(CNCC)CC1CCCC1. The molecule has 1 rings (SSSR count). The predicted molar refractivity (Wildman–Crippen MR) is 77.4 cm³/mol. The molecular formula is C16H33N. The maximum Gasteiger partial charge on any atom is 0.000769 e. The van der Waals surface area contributed by atoms with Gasteiger partial charge in [0.25, 0.3) is 0 Å². The first-order valence-electron chi connectivity index (χ1n) is 7.97. The third-order valence-electron chi connectivity index (χ3n) is 4.76. The van der Waals surface area contributed by atoms with E-state index in [0.29, 0.717) is 5.41 Å². The Morgan fingerprint density at radius 1 is 1.12 bits per heavy atom. The van der Waals surface area contributed by atoms with Gasteiger partial charge in [-0.05, 0) is 37.1 Å². The Bertz CT molecular complexity index is 174. The Morgan fingerprint density at radius 3 is 2.35 bits per heavy atom. The minimum atomic E-state index is 0.598. The van der Waals surface area contributed by atoms with Crippen LogP contribution in [0.2, 0.25) is 0 Å². The highest BCUT2D eigenvalue weighted by atomic mass is 14.9. The lowest BCUT2D eigenvalue weighted by Gasteiger charge is -2.36. The standard InChI is InChI=1S/C16H33N/c1-4-7-12-16(5-2,14-17-6-3)13-15-10-8-9-11-15/h15,17H,4-14H2,1-3H3. The van der Waals surface area contributed by atoms with Gasteiger partial charge in [-0.15, -0.1) is 0 Å². The number of hydrogen-bond donors (Lipinski definition) is 1. The van der Waals surface area contributed by atoms with E-state index in [1.807, 2.05) is 0 Å². The average Bonchev–Trinajstić information content (AvgIpc) is 2.85. The zero-order chi connectivity index (χ0) is 12.6. The van der Waals surface area contributed by atoms with E-state index in [4.69, 9.17) is 0 Å². The van der Waals surface area contributed by atoms with E-state index in [2.05, 4.69) is 26.1 Å². The summed E-state index contributed by atoms with van der Waals surface area (Å²) in [7, 11) is 0. The molecule has 0 aromatic heterocycles. The van der Waals surface area contributed by atoms with Gasteiger partial charge in [0, 0.05) is 6.54 Å². The molecule has 1 heteroatoms. The molecule has 0 aliphatic heterocycles. The van der Waals surface area contributed by atoms with Gasteiger partial charge in [0.2, 0.25) is 0 Å². The Hall–Kier alpha value is -0.0400. The van der Waals surface area contributed by atoms with Gasteiger partial charge in [-0.3, -0.25) is 0 Å². The molecule has 1 atom stereocenters. The van der Waals surface area contributed by atoms with Crippen molar-refractivity contribution in [2.45, 2.75) is 78.6 Å². The summed E-state index contributed by atoms with van der Waals surface area (Å²) >= 11 is 0. The molecule has 1 N–H and O–H groups in total. The Labute approximate surface area is 109 Å². The van der Waals surface area contributed by atoms with E-state index in [1.54, 1.807) is 0 Å². The lowest BCUT2D eigenvalue weighted by Crippen LogP contribution is -2.35. The van der Waals surface area contributed by atoms with Crippen LogP contribution < -0.4 is 5.32 Å². The van der Waals surface area contributed by atoms with Gasteiger partial charge in [-0.25, -0.2) is 0 Å². The zero-order valence-corrected chi connectivity index (χ0v) is 12.4. The Morgan fingerprint density at radius 2 is 1.82 bits per heavy atom. The van der Waals surface area contributed by atoms with Crippen molar-refractivity contribution in [3.8, 4) is 0 Å². The van der Waals surface area contributed by atoms with Crippen molar-refractivity contribution in [1.82, 2.24) is 5.32 Å². The molecule has 102 valence electrons. The summed E-state index contributed by atoms with van der Waals surface area (Å²) < 4.78 is 0. The molecular weight excluding hydrogens is 206 g/mol. The molecule has 17 heavy (non-hydrogen) atoms. The summed E-state index contributed by atoms with van der Waals surface area (Å²) in [6.45, 7) is 9.33. The molecule has 0 bridgehead atoms. The number of nitrogens with one attached hydrogen (secondary N) is 1. The molecule has 1 nitrogen and oxygen atoms in total. The topological polar surface area (TPSA) is 12.0 Å². The van der Waals surface area contributed by atoms with Gasteiger partial charge in [-0.2, -0.15) is 0 Å². The minimum absolute atomic E-state index is 0.598. The highest BCUT2D eigenvalue weighted by molar-refractivity contribution is 4.84. The van der Waals surface area contributed by atoms with Crippen LogP contribution in [-0.4, -0.2) is 13.1 Å². The molecule has 0 heterocycles.